The first-order valence-corrected chi connectivity index (χ1v) is 5.17. The molecule has 0 spiro atoms. The van der Waals surface area contributed by atoms with Crippen LogP contribution in [0.5, 0.6) is 0 Å². The van der Waals surface area contributed by atoms with Gasteiger partial charge in [0.15, 0.2) is 0 Å². The molecule has 0 bridgehead atoms. The van der Waals surface area contributed by atoms with Crippen LogP contribution in [0.2, 0.25) is 0 Å². The molecule has 1 rings (SSSR count). The average Bonchev–Trinajstić information content (AvgIpc) is 2.19. The van der Waals surface area contributed by atoms with Gasteiger partial charge in [0, 0.05) is 16.3 Å². The lowest BCUT2D eigenvalue weighted by Gasteiger charge is -2.06. The lowest BCUT2D eigenvalue weighted by Crippen LogP contribution is -1.92. The van der Waals surface area contributed by atoms with Crippen LogP contribution in [0, 0.1) is 11.3 Å². The van der Waals surface area contributed by atoms with Gasteiger partial charge in [0.2, 0.25) is 0 Å². The zero-order valence-electron chi connectivity index (χ0n) is 7.82. The summed E-state index contributed by atoms with van der Waals surface area (Å²) in [6.45, 7) is 4.34. The van der Waals surface area contributed by atoms with Crippen molar-refractivity contribution >= 4 is 11.8 Å². The van der Waals surface area contributed by atoms with Gasteiger partial charge in [0.1, 0.15) is 11.8 Å². The molecule has 1 unspecified atom stereocenters. The smallest absolute Gasteiger partial charge is 0.140 e. The van der Waals surface area contributed by atoms with Crippen molar-refractivity contribution in [2.75, 3.05) is 0 Å². The van der Waals surface area contributed by atoms with Crippen LogP contribution in [-0.2, 0) is 0 Å². The van der Waals surface area contributed by atoms with Crippen LogP contribution in [-0.4, -0.2) is 10.2 Å². The number of thioether (sulfide) groups is 1. The standard InChI is InChI=1S/C10H12N2S/c1-3-8(2)13-10-5-4-9(6-11)12-7-10/h4-5,7-8H,3H2,1-2H3. The van der Waals surface area contributed by atoms with Crippen LogP contribution < -0.4 is 0 Å². The van der Waals surface area contributed by atoms with Gasteiger partial charge in [-0.2, -0.15) is 5.26 Å². The quantitative estimate of drug-likeness (QED) is 0.691. The summed E-state index contributed by atoms with van der Waals surface area (Å²) in [6.07, 6.45) is 2.90. The maximum absolute atomic E-state index is 8.54. The molecule has 0 aromatic carbocycles. The molecule has 0 saturated carbocycles. The van der Waals surface area contributed by atoms with Gasteiger partial charge in [-0.15, -0.1) is 11.8 Å². The van der Waals surface area contributed by atoms with E-state index >= 15 is 0 Å². The Morgan fingerprint density at radius 3 is 2.85 bits per heavy atom. The molecule has 0 aliphatic heterocycles. The zero-order valence-corrected chi connectivity index (χ0v) is 8.64. The Bertz CT molecular complexity index is 300. The highest BCUT2D eigenvalue weighted by Crippen LogP contribution is 2.23. The van der Waals surface area contributed by atoms with Crippen LogP contribution in [0.15, 0.2) is 23.2 Å². The maximum atomic E-state index is 8.54. The number of nitrogens with zero attached hydrogens (tertiary/aromatic N) is 2. The first-order chi connectivity index (χ1) is 6.26. The fourth-order valence-corrected chi connectivity index (χ4v) is 1.72. The van der Waals surface area contributed by atoms with E-state index in [1.807, 2.05) is 12.1 Å². The molecule has 0 saturated heterocycles. The summed E-state index contributed by atoms with van der Waals surface area (Å²) in [6, 6.07) is 5.70. The monoisotopic (exact) mass is 192 g/mol. The van der Waals surface area contributed by atoms with Gasteiger partial charge in [-0.1, -0.05) is 13.8 Å². The van der Waals surface area contributed by atoms with E-state index in [4.69, 9.17) is 5.26 Å². The Morgan fingerprint density at radius 2 is 2.38 bits per heavy atom. The van der Waals surface area contributed by atoms with Crippen molar-refractivity contribution in [2.45, 2.75) is 30.4 Å². The highest BCUT2D eigenvalue weighted by atomic mass is 32.2. The molecule has 0 fully saturated rings. The number of pyridine rings is 1. The molecular formula is C10H12N2S. The van der Waals surface area contributed by atoms with E-state index in [2.05, 4.69) is 18.8 Å². The summed E-state index contributed by atoms with van der Waals surface area (Å²) < 4.78 is 0. The van der Waals surface area contributed by atoms with Gasteiger partial charge >= 0.3 is 0 Å². The van der Waals surface area contributed by atoms with Crippen molar-refractivity contribution in [1.29, 1.82) is 5.26 Å². The van der Waals surface area contributed by atoms with Crippen molar-refractivity contribution in [3.63, 3.8) is 0 Å². The van der Waals surface area contributed by atoms with Gasteiger partial charge in [-0.3, -0.25) is 0 Å². The van der Waals surface area contributed by atoms with Crippen molar-refractivity contribution in [3.8, 4) is 6.07 Å². The first-order valence-electron chi connectivity index (χ1n) is 4.29. The Labute approximate surface area is 83.0 Å². The third-order valence-corrected chi connectivity index (χ3v) is 3.01. The van der Waals surface area contributed by atoms with Crippen molar-refractivity contribution in [3.05, 3.63) is 24.0 Å². The minimum Gasteiger partial charge on any atom is -0.244 e. The van der Waals surface area contributed by atoms with E-state index in [-0.39, 0.29) is 0 Å². The van der Waals surface area contributed by atoms with E-state index in [0.717, 1.165) is 11.3 Å². The molecule has 0 radical (unpaired) electrons. The largest absolute Gasteiger partial charge is 0.244 e. The van der Waals surface area contributed by atoms with Crippen LogP contribution >= 0.6 is 11.8 Å². The lowest BCUT2D eigenvalue weighted by atomic mass is 10.4. The summed E-state index contributed by atoms with van der Waals surface area (Å²) in [5.41, 5.74) is 0.480. The second-order valence-corrected chi connectivity index (χ2v) is 4.34. The topological polar surface area (TPSA) is 36.7 Å². The Balaban J connectivity index is 2.65. The molecule has 1 aromatic heterocycles. The van der Waals surface area contributed by atoms with Gasteiger partial charge in [-0.25, -0.2) is 4.98 Å². The third kappa shape index (κ3) is 3.08. The number of hydrogen-bond donors (Lipinski definition) is 0. The molecular weight excluding hydrogens is 180 g/mol. The second kappa shape index (κ2) is 4.88. The lowest BCUT2D eigenvalue weighted by molar-refractivity contribution is 0.905. The fraction of sp³-hybridized carbons (Fsp3) is 0.400. The molecule has 0 N–H and O–H groups in total. The molecule has 1 atom stereocenters. The Kier molecular flexibility index (Phi) is 3.78. The van der Waals surface area contributed by atoms with Crippen LogP contribution in [0.3, 0.4) is 0 Å². The van der Waals surface area contributed by atoms with E-state index in [9.17, 15) is 0 Å². The number of aromatic nitrogens is 1. The van der Waals surface area contributed by atoms with Crippen LogP contribution in [0.1, 0.15) is 26.0 Å². The predicted octanol–water partition coefficient (Wildman–Crippen LogP) is 2.84. The summed E-state index contributed by atoms with van der Waals surface area (Å²) in [5, 5.41) is 9.14. The van der Waals surface area contributed by atoms with E-state index in [1.165, 1.54) is 0 Å². The van der Waals surface area contributed by atoms with Gasteiger partial charge in [0.05, 0.1) is 0 Å². The van der Waals surface area contributed by atoms with E-state index < -0.39 is 0 Å². The highest BCUT2D eigenvalue weighted by Gasteiger charge is 2.01. The summed E-state index contributed by atoms with van der Waals surface area (Å²) in [4.78, 5) is 5.14. The fourth-order valence-electron chi connectivity index (χ4n) is 0.832. The number of hydrogen-bond acceptors (Lipinski definition) is 3. The summed E-state index contributed by atoms with van der Waals surface area (Å²) >= 11 is 1.79. The SMILES string of the molecule is CCC(C)Sc1ccc(C#N)nc1. The van der Waals surface area contributed by atoms with Crippen molar-refractivity contribution in [1.82, 2.24) is 4.98 Å². The van der Waals surface area contributed by atoms with E-state index in [1.54, 1.807) is 24.0 Å². The molecule has 2 nitrogen and oxygen atoms in total. The van der Waals surface area contributed by atoms with Crippen LogP contribution in [0.25, 0.3) is 0 Å². The molecule has 68 valence electrons. The maximum Gasteiger partial charge on any atom is 0.140 e. The summed E-state index contributed by atoms with van der Waals surface area (Å²) in [7, 11) is 0. The highest BCUT2D eigenvalue weighted by molar-refractivity contribution is 7.99. The molecule has 0 amide bonds. The van der Waals surface area contributed by atoms with Crippen molar-refractivity contribution in [2.24, 2.45) is 0 Å². The number of rotatable bonds is 3. The molecule has 0 aliphatic rings. The van der Waals surface area contributed by atoms with Gasteiger partial charge < -0.3 is 0 Å². The minimum atomic E-state index is 0.480. The summed E-state index contributed by atoms with van der Waals surface area (Å²) in [5.74, 6) is 0. The minimum absolute atomic E-state index is 0.480. The van der Waals surface area contributed by atoms with Crippen molar-refractivity contribution < 1.29 is 0 Å². The van der Waals surface area contributed by atoms with Gasteiger partial charge in [-0.05, 0) is 18.6 Å². The first kappa shape index (κ1) is 10.1. The molecule has 3 heteroatoms. The second-order valence-electron chi connectivity index (χ2n) is 2.83. The molecule has 1 aromatic rings. The van der Waals surface area contributed by atoms with E-state index in [0.29, 0.717) is 10.9 Å². The Morgan fingerprint density at radius 1 is 1.62 bits per heavy atom. The van der Waals surface area contributed by atoms with Crippen LogP contribution in [0.4, 0.5) is 0 Å². The molecule has 13 heavy (non-hydrogen) atoms. The number of nitriles is 1. The Hall–Kier alpha value is -1.01. The zero-order chi connectivity index (χ0) is 9.68. The molecule has 1 heterocycles. The normalized spacial score (nSPS) is 12.1. The molecule has 0 aliphatic carbocycles. The average molecular weight is 192 g/mol. The predicted molar refractivity (Wildman–Crippen MR) is 54.6 cm³/mol. The van der Waals surface area contributed by atoms with Gasteiger partial charge in [0.25, 0.3) is 0 Å². The third-order valence-electron chi connectivity index (χ3n) is 1.76.